The number of hydrogen-bond donors (Lipinski definition) is 1. The predicted octanol–water partition coefficient (Wildman–Crippen LogP) is 4.89. The highest BCUT2D eigenvalue weighted by molar-refractivity contribution is 6.32. The van der Waals surface area contributed by atoms with Crippen LogP contribution < -0.4 is 5.32 Å². The lowest BCUT2D eigenvalue weighted by Gasteiger charge is -2.23. The molecule has 0 fully saturated rings. The fraction of sp³-hybridized carbons (Fsp3) is 0.227. The molecule has 6 heteroatoms. The summed E-state index contributed by atoms with van der Waals surface area (Å²) in [6.07, 6.45) is 0. The van der Waals surface area contributed by atoms with Gasteiger partial charge in [-0.1, -0.05) is 41.9 Å². The number of anilines is 1. The van der Waals surface area contributed by atoms with Crippen molar-refractivity contribution in [2.24, 2.45) is 0 Å². The Hall–Kier alpha value is -2.92. The molecule has 0 saturated carbocycles. The largest absolute Gasteiger partial charge is 0.365 e. The Morgan fingerprint density at radius 3 is 2.39 bits per heavy atom. The number of benzene rings is 2. The molecule has 2 amide bonds. The summed E-state index contributed by atoms with van der Waals surface area (Å²) in [4.78, 5) is 32.0. The predicted molar refractivity (Wildman–Crippen MR) is 111 cm³/mol. The monoisotopic (exact) mass is 393 g/mol. The fourth-order valence-corrected chi connectivity index (χ4v) is 3.54. The lowest BCUT2D eigenvalue weighted by atomic mass is 10.0. The quantitative estimate of drug-likeness (QED) is 0.643. The van der Waals surface area contributed by atoms with E-state index in [0.29, 0.717) is 21.8 Å². The maximum absolute atomic E-state index is 13.1. The van der Waals surface area contributed by atoms with Gasteiger partial charge in [-0.05, 0) is 44.5 Å². The first kappa shape index (κ1) is 18.4. The summed E-state index contributed by atoms with van der Waals surface area (Å²) < 4.78 is 0. The molecule has 2 aromatic carbocycles. The van der Waals surface area contributed by atoms with E-state index in [9.17, 15) is 9.59 Å². The maximum atomic E-state index is 13.1. The molecule has 142 valence electrons. The van der Waals surface area contributed by atoms with Crippen molar-refractivity contribution in [2.45, 2.75) is 32.9 Å². The van der Waals surface area contributed by atoms with Gasteiger partial charge in [0.25, 0.3) is 11.8 Å². The molecule has 1 aliphatic heterocycles. The van der Waals surface area contributed by atoms with Gasteiger partial charge in [0, 0.05) is 21.3 Å². The first-order valence-corrected chi connectivity index (χ1v) is 9.44. The van der Waals surface area contributed by atoms with Crippen LogP contribution in [0.3, 0.4) is 0 Å². The van der Waals surface area contributed by atoms with Crippen molar-refractivity contribution < 1.29 is 9.59 Å². The van der Waals surface area contributed by atoms with Crippen molar-refractivity contribution in [3.63, 3.8) is 0 Å². The number of carbonyl (C=O) groups is 2. The number of rotatable bonds is 3. The smallest absolute Gasteiger partial charge is 0.280 e. The highest BCUT2D eigenvalue weighted by atomic mass is 35.5. The Bertz CT molecular complexity index is 1100. The van der Waals surface area contributed by atoms with E-state index in [2.05, 4.69) is 10.3 Å². The molecule has 3 aromatic rings. The summed E-state index contributed by atoms with van der Waals surface area (Å²) in [5.41, 5.74) is 1.11. The molecular weight excluding hydrogens is 374 g/mol. The van der Waals surface area contributed by atoms with Crippen LogP contribution in [-0.4, -0.2) is 27.2 Å². The summed E-state index contributed by atoms with van der Waals surface area (Å²) >= 11 is 6.21. The van der Waals surface area contributed by atoms with Crippen molar-refractivity contribution in [3.8, 4) is 0 Å². The third-order valence-corrected chi connectivity index (χ3v) is 4.79. The minimum atomic E-state index is -0.386. The standard InChI is InChI=1S/C22H20ClN3O2/c1-22(2,3)25-19-15-10-9-14(23)11-16(15)17-18(24-19)21(28)26(20(17)27)12-13-7-5-4-6-8-13/h4-11H,12H2,1-3H3,(H,24,25). The third kappa shape index (κ3) is 3.22. The van der Waals surface area contributed by atoms with E-state index >= 15 is 0 Å². The number of pyridine rings is 1. The van der Waals surface area contributed by atoms with E-state index in [0.717, 1.165) is 10.9 Å². The molecule has 4 rings (SSSR count). The van der Waals surface area contributed by atoms with Crippen molar-refractivity contribution in [2.75, 3.05) is 5.32 Å². The zero-order valence-corrected chi connectivity index (χ0v) is 16.7. The molecule has 1 aliphatic rings. The average Bonchev–Trinajstić information content (AvgIpc) is 2.86. The van der Waals surface area contributed by atoms with E-state index in [1.807, 2.05) is 57.2 Å². The molecule has 0 unspecified atom stereocenters. The second kappa shape index (κ2) is 6.60. The minimum absolute atomic E-state index is 0.169. The number of carbonyl (C=O) groups excluding carboxylic acids is 2. The summed E-state index contributed by atoms with van der Waals surface area (Å²) in [5.74, 6) is -0.158. The Balaban J connectivity index is 1.87. The van der Waals surface area contributed by atoms with Gasteiger partial charge in [0.05, 0.1) is 12.1 Å². The second-order valence-corrected chi connectivity index (χ2v) is 8.37. The number of aromatic nitrogens is 1. The zero-order chi connectivity index (χ0) is 20.1. The number of hydrogen-bond acceptors (Lipinski definition) is 4. The van der Waals surface area contributed by atoms with Gasteiger partial charge >= 0.3 is 0 Å². The van der Waals surface area contributed by atoms with Gasteiger partial charge < -0.3 is 5.32 Å². The van der Waals surface area contributed by atoms with Crippen LogP contribution in [0.2, 0.25) is 5.02 Å². The van der Waals surface area contributed by atoms with Crippen LogP contribution >= 0.6 is 11.6 Å². The number of halogens is 1. The zero-order valence-electron chi connectivity index (χ0n) is 15.9. The summed E-state index contributed by atoms with van der Waals surface area (Å²) in [5, 5.41) is 5.24. The highest BCUT2D eigenvalue weighted by Gasteiger charge is 2.39. The van der Waals surface area contributed by atoms with Gasteiger partial charge in [0.15, 0.2) is 0 Å². The molecule has 2 heterocycles. The minimum Gasteiger partial charge on any atom is -0.365 e. The van der Waals surface area contributed by atoms with Gasteiger partial charge in [-0.3, -0.25) is 14.5 Å². The first-order valence-electron chi connectivity index (χ1n) is 9.06. The molecule has 0 saturated heterocycles. The van der Waals surface area contributed by atoms with Gasteiger partial charge in [-0.25, -0.2) is 4.98 Å². The molecular formula is C22H20ClN3O2. The van der Waals surface area contributed by atoms with Crippen molar-refractivity contribution in [1.82, 2.24) is 9.88 Å². The molecule has 28 heavy (non-hydrogen) atoms. The first-order chi connectivity index (χ1) is 13.2. The fourth-order valence-electron chi connectivity index (χ4n) is 3.37. The van der Waals surface area contributed by atoms with E-state index in [-0.39, 0.29) is 29.6 Å². The van der Waals surface area contributed by atoms with Gasteiger partial charge in [0.2, 0.25) is 0 Å². The van der Waals surface area contributed by atoms with Crippen LogP contribution in [0, 0.1) is 0 Å². The number of nitrogens with one attached hydrogen (secondary N) is 1. The third-order valence-electron chi connectivity index (χ3n) is 4.55. The van der Waals surface area contributed by atoms with Crippen LogP contribution in [0.15, 0.2) is 48.5 Å². The molecule has 0 spiro atoms. The molecule has 0 aliphatic carbocycles. The summed E-state index contributed by atoms with van der Waals surface area (Å²) in [7, 11) is 0. The summed E-state index contributed by atoms with van der Waals surface area (Å²) in [6.45, 7) is 6.24. The highest BCUT2D eigenvalue weighted by Crippen LogP contribution is 2.35. The van der Waals surface area contributed by atoms with Crippen molar-refractivity contribution in [3.05, 3.63) is 70.4 Å². The van der Waals surface area contributed by atoms with Crippen LogP contribution in [-0.2, 0) is 6.54 Å². The maximum Gasteiger partial charge on any atom is 0.280 e. The topological polar surface area (TPSA) is 62.3 Å². The van der Waals surface area contributed by atoms with E-state index in [1.54, 1.807) is 12.1 Å². The Labute approximate surface area is 168 Å². The number of nitrogens with zero attached hydrogens (tertiary/aromatic N) is 2. The SMILES string of the molecule is CC(C)(C)Nc1nc2c(c3cc(Cl)ccc13)C(=O)N(Cc1ccccc1)C2=O. The van der Waals surface area contributed by atoms with Crippen LogP contribution in [0.4, 0.5) is 5.82 Å². The van der Waals surface area contributed by atoms with Gasteiger partial charge in [-0.15, -0.1) is 0 Å². The molecule has 1 aromatic heterocycles. The Kier molecular flexibility index (Phi) is 4.35. The number of amides is 2. The average molecular weight is 394 g/mol. The van der Waals surface area contributed by atoms with E-state index in [4.69, 9.17) is 11.6 Å². The lowest BCUT2D eigenvalue weighted by molar-refractivity contribution is 0.0641. The van der Waals surface area contributed by atoms with Crippen LogP contribution in [0.25, 0.3) is 10.8 Å². The van der Waals surface area contributed by atoms with Gasteiger partial charge in [-0.2, -0.15) is 0 Å². The Morgan fingerprint density at radius 1 is 1.00 bits per heavy atom. The molecule has 5 nitrogen and oxygen atoms in total. The summed E-state index contributed by atoms with van der Waals surface area (Å²) in [6, 6.07) is 14.7. The molecule has 1 N–H and O–H groups in total. The number of fused-ring (bicyclic) bond motifs is 3. The van der Waals surface area contributed by atoms with Crippen LogP contribution in [0.5, 0.6) is 0 Å². The van der Waals surface area contributed by atoms with E-state index < -0.39 is 0 Å². The second-order valence-electron chi connectivity index (χ2n) is 7.93. The van der Waals surface area contributed by atoms with Gasteiger partial charge in [0.1, 0.15) is 11.5 Å². The lowest BCUT2D eigenvalue weighted by Crippen LogP contribution is -2.29. The molecule has 0 radical (unpaired) electrons. The van der Waals surface area contributed by atoms with Crippen molar-refractivity contribution >= 4 is 40.0 Å². The number of imide groups is 1. The molecule has 0 atom stereocenters. The van der Waals surface area contributed by atoms with Crippen LogP contribution in [0.1, 0.15) is 47.2 Å². The van der Waals surface area contributed by atoms with Crippen molar-refractivity contribution in [1.29, 1.82) is 0 Å². The van der Waals surface area contributed by atoms with E-state index in [1.165, 1.54) is 4.90 Å². The molecule has 0 bridgehead atoms. The Morgan fingerprint density at radius 2 is 1.71 bits per heavy atom. The normalized spacial score (nSPS) is 13.9.